The van der Waals surface area contributed by atoms with Gasteiger partial charge in [0.2, 0.25) is 0 Å². The summed E-state index contributed by atoms with van der Waals surface area (Å²) in [6.07, 6.45) is 0.842. The Bertz CT molecular complexity index is 1540. The van der Waals surface area contributed by atoms with Crippen LogP contribution < -0.4 is 14.4 Å². The lowest BCUT2D eigenvalue weighted by Gasteiger charge is -2.23. The maximum Gasteiger partial charge on any atom is 0.301 e. The fourth-order valence-corrected chi connectivity index (χ4v) is 5.27. The van der Waals surface area contributed by atoms with E-state index in [2.05, 4.69) is 4.98 Å². The van der Waals surface area contributed by atoms with Gasteiger partial charge >= 0.3 is 5.91 Å². The average molecular weight is 515 g/mol. The minimum absolute atomic E-state index is 0.0124. The molecule has 0 bridgehead atoms. The maximum absolute atomic E-state index is 13.4. The van der Waals surface area contributed by atoms with Crippen LogP contribution in [0.2, 0.25) is 0 Å². The second-order valence-electron chi connectivity index (χ2n) is 8.79. The summed E-state index contributed by atoms with van der Waals surface area (Å²) >= 11 is 1.28. The van der Waals surface area contributed by atoms with E-state index in [1.165, 1.54) is 16.2 Å². The molecule has 1 aliphatic rings. The van der Waals surface area contributed by atoms with Crippen molar-refractivity contribution in [3.8, 4) is 11.5 Å². The third kappa shape index (κ3) is 4.56. The van der Waals surface area contributed by atoms with Gasteiger partial charge in [-0.2, -0.15) is 0 Å². The number of rotatable bonds is 7. The first kappa shape index (κ1) is 24.5. The zero-order valence-electron chi connectivity index (χ0n) is 20.7. The lowest BCUT2D eigenvalue weighted by molar-refractivity contribution is -0.132. The van der Waals surface area contributed by atoms with E-state index < -0.39 is 17.7 Å². The molecule has 0 saturated carbocycles. The van der Waals surface area contributed by atoms with Crippen LogP contribution in [0.25, 0.3) is 16.5 Å². The van der Waals surface area contributed by atoms with Crippen LogP contribution in [0, 0.1) is 6.92 Å². The third-order valence-corrected chi connectivity index (χ3v) is 7.18. The second-order valence-corrected chi connectivity index (χ2v) is 9.63. The Morgan fingerprint density at radius 3 is 2.57 bits per heavy atom. The van der Waals surface area contributed by atoms with Gasteiger partial charge in [0.15, 0.2) is 5.13 Å². The number of aromatic nitrogens is 1. The lowest BCUT2D eigenvalue weighted by atomic mass is 9.94. The number of aryl methyl sites for hydroxylation is 1. The van der Waals surface area contributed by atoms with Gasteiger partial charge in [-0.3, -0.25) is 14.5 Å². The molecule has 0 radical (unpaired) electrons. The molecule has 1 unspecified atom stereocenters. The number of anilines is 1. The van der Waals surface area contributed by atoms with Crippen LogP contribution in [0.15, 0.2) is 71.6 Å². The van der Waals surface area contributed by atoms with Crippen molar-refractivity contribution in [2.75, 3.05) is 18.6 Å². The molecule has 1 saturated heterocycles. The molecule has 0 spiro atoms. The van der Waals surface area contributed by atoms with Gasteiger partial charge in [0, 0.05) is 10.9 Å². The number of hydrogen-bond acceptors (Lipinski definition) is 7. The molecule has 1 atom stereocenters. The smallest absolute Gasteiger partial charge is 0.301 e. The van der Waals surface area contributed by atoms with Crippen LogP contribution in [0.5, 0.6) is 11.5 Å². The zero-order valence-corrected chi connectivity index (χ0v) is 21.5. The van der Waals surface area contributed by atoms with Crippen molar-refractivity contribution < 1.29 is 24.2 Å². The molecule has 0 aliphatic carbocycles. The molecule has 2 heterocycles. The number of methoxy groups -OCH3 is 1. The van der Waals surface area contributed by atoms with E-state index in [1.807, 2.05) is 61.7 Å². The maximum atomic E-state index is 13.4. The van der Waals surface area contributed by atoms with Crippen molar-refractivity contribution in [1.29, 1.82) is 0 Å². The Morgan fingerprint density at radius 2 is 1.84 bits per heavy atom. The highest BCUT2D eigenvalue weighted by atomic mass is 32.1. The summed E-state index contributed by atoms with van der Waals surface area (Å²) in [7, 11) is 1.60. The number of aliphatic hydroxyl groups is 1. The fraction of sp³-hybridized carbons (Fsp3) is 0.207. The number of carbonyl (C=O) groups excluding carboxylic acids is 2. The minimum atomic E-state index is -0.859. The van der Waals surface area contributed by atoms with Crippen LogP contribution >= 0.6 is 11.3 Å². The standard InChI is InChI=1S/C29H26N2O5S/c1-4-12-36-23-7-5-6-20(15-23)25-24(27(33)28(34)31(25)29-30-17(2)16-37-29)26(32)21-9-8-19-14-22(35-3)11-10-18(19)13-21/h5-11,13-16,25,32H,4,12H2,1-3H3/b26-24+. The number of fused-ring (bicyclic) bond motifs is 1. The van der Waals surface area contributed by atoms with E-state index in [9.17, 15) is 14.7 Å². The number of amides is 1. The van der Waals surface area contributed by atoms with Crippen molar-refractivity contribution in [2.24, 2.45) is 0 Å². The molecule has 3 aromatic carbocycles. The van der Waals surface area contributed by atoms with Gasteiger partial charge in [0.1, 0.15) is 17.3 Å². The van der Waals surface area contributed by atoms with Gasteiger partial charge in [-0.05, 0) is 60.0 Å². The first-order valence-corrected chi connectivity index (χ1v) is 12.8. The molecule has 1 aromatic heterocycles. The molecule has 1 N–H and O–H groups in total. The van der Waals surface area contributed by atoms with Gasteiger partial charge in [0.25, 0.3) is 5.78 Å². The highest BCUT2D eigenvalue weighted by Gasteiger charge is 2.48. The summed E-state index contributed by atoms with van der Waals surface area (Å²) in [5, 5.41) is 15.5. The molecule has 1 aliphatic heterocycles. The number of aliphatic hydroxyl groups excluding tert-OH is 1. The van der Waals surface area contributed by atoms with Crippen LogP contribution in [0.4, 0.5) is 5.13 Å². The van der Waals surface area contributed by atoms with E-state index in [1.54, 1.807) is 25.3 Å². The Kier molecular flexibility index (Phi) is 6.67. The number of benzene rings is 3. The average Bonchev–Trinajstić information content (AvgIpc) is 3.46. The van der Waals surface area contributed by atoms with E-state index in [0.717, 1.165) is 28.6 Å². The van der Waals surface area contributed by atoms with Crippen molar-refractivity contribution in [2.45, 2.75) is 26.3 Å². The van der Waals surface area contributed by atoms with Crippen molar-refractivity contribution in [1.82, 2.24) is 4.98 Å². The molecule has 37 heavy (non-hydrogen) atoms. The van der Waals surface area contributed by atoms with Gasteiger partial charge in [0.05, 0.1) is 31.0 Å². The van der Waals surface area contributed by atoms with E-state index in [-0.39, 0.29) is 11.3 Å². The number of ether oxygens (including phenoxy) is 2. The summed E-state index contributed by atoms with van der Waals surface area (Å²) < 4.78 is 11.1. The molecule has 4 aromatic rings. The van der Waals surface area contributed by atoms with Crippen molar-refractivity contribution in [3.63, 3.8) is 0 Å². The molecule has 7 nitrogen and oxygen atoms in total. The summed E-state index contributed by atoms with van der Waals surface area (Å²) in [6, 6.07) is 17.4. The van der Waals surface area contributed by atoms with Crippen molar-refractivity contribution in [3.05, 3.63) is 88.4 Å². The highest BCUT2D eigenvalue weighted by molar-refractivity contribution is 7.14. The third-order valence-electron chi connectivity index (χ3n) is 6.22. The topological polar surface area (TPSA) is 89.0 Å². The first-order valence-electron chi connectivity index (χ1n) is 12.0. The molecule has 1 amide bonds. The number of Topliss-reactive ketones (excluding diaryl/α,β-unsaturated/α-hetero) is 1. The quantitative estimate of drug-likeness (QED) is 0.184. The highest BCUT2D eigenvalue weighted by Crippen LogP contribution is 2.44. The Morgan fingerprint density at radius 1 is 1.05 bits per heavy atom. The Hall–Kier alpha value is -4.17. The molecule has 8 heteroatoms. The van der Waals surface area contributed by atoms with Crippen molar-refractivity contribution >= 4 is 44.7 Å². The summed E-state index contributed by atoms with van der Waals surface area (Å²) in [6.45, 7) is 4.38. The first-order chi connectivity index (χ1) is 17.9. The SMILES string of the molecule is CCCOc1cccc(C2/C(=C(\O)c3ccc4cc(OC)ccc4c3)C(=O)C(=O)N2c2nc(C)cs2)c1. The van der Waals surface area contributed by atoms with Crippen LogP contribution in [0.3, 0.4) is 0 Å². The fourth-order valence-electron chi connectivity index (χ4n) is 4.45. The molecule has 188 valence electrons. The number of hydrogen-bond donors (Lipinski definition) is 1. The predicted octanol–water partition coefficient (Wildman–Crippen LogP) is 6.03. The number of nitrogens with zero attached hydrogens (tertiary/aromatic N) is 2. The van der Waals surface area contributed by atoms with Crippen LogP contribution in [-0.4, -0.2) is 35.5 Å². The van der Waals surface area contributed by atoms with E-state index >= 15 is 0 Å². The van der Waals surface area contributed by atoms with Crippen LogP contribution in [-0.2, 0) is 9.59 Å². The number of carbonyl (C=O) groups is 2. The summed E-state index contributed by atoms with van der Waals surface area (Å²) in [4.78, 5) is 32.6. The van der Waals surface area contributed by atoms with Gasteiger partial charge in [-0.15, -0.1) is 11.3 Å². The van der Waals surface area contributed by atoms with Gasteiger partial charge in [-0.1, -0.05) is 37.3 Å². The largest absolute Gasteiger partial charge is 0.507 e. The normalized spacial score (nSPS) is 16.9. The zero-order chi connectivity index (χ0) is 26.1. The number of ketones is 1. The molecule has 1 fully saturated rings. The summed E-state index contributed by atoms with van der Waals surface area (Å²) in [5.41, 5.74) is 1.84. The Balaban J connectivity index is 1.67. The molecular weight excluding hydrogens is 488 g/mol. The number of thiazole rings is 1. The van der Waals surface area contributed by atoms with Gasteiger partial charge in [-0.25, -0.2) is 4.98 Å². The molecule has 5 rings (SSSR count). The van der Waals surface area contributed by atoms with E-state index in [4.69, 9.17) is 9.47 Å². The van der Waals surface area contributed by atoms with Gasteiger partial charge < -0.3 is 14.6 Å². The second kappa shape index (κ2) is 10.1. The minimum Gasteiger partial charge on any atom is -0.507 e. The predicted molar refractivity (Wildman–Crippen MR) is 144 cm³/mol. The Labute approximate surface area is 218 Å². The lowest BCUT2D eigenvalue weighted by Crippen LogP contribution is -2.29. The molecular formula is C29H26N2O5S. The summed E-state index contributed by atoms with van der Waals surface area (Å²) in [5.74, 6) is -0.382. The monoisotopic (exact) mass is 514 g/mol. The van der Waals surface area contributed by atoms with Crippen LogP contribution in [0.1, 0.15) is 36.2 Å². The van der Waals surface area contributed by atoms with E-state index in [0.29, 0.717) is 28.6 Å².